The summed E-state index contributed by atoms with van der Waals surface area (Å²) in [7, 11) is 1.53. The Morgan fingerprint density at radius 3 is 2.76 bits per heavy atom. The molecule has 6 rings (SSSR count). The zero-order valence-electron chi connectivity index (χ0n) is 26.7. The number of hydrogen-bond acceptors (Lipinski definition) is 6. The van der Waals surface area contributed by atoms with Gasteiger partial charge in [0.05, 0.1) is 36.7 Å². The molecule has 0 radical (unpaired) electrons. The van der Waals surface area contributed by atoms with E-state index in [1.165, 1.54) is 18.7 Å². The Morgan fingerprint density at radius 2 is 2.02 bits per heavy atom. The summed E-state index contributed by atoms with van der Waals surface area (Å²) in [6, 6.07) is 13.5. The maximum atomic E-state index is 15.2. The van der Waals surface area contributed by atoms with Gasteiger partial charge in [-0.1, -0.05) is 37.3 Å². The van der Waals surface area contributed by atoms with Crippen LogP contribution >= 0.6 is 0 Å². The lowest BCUT2D eigenvalue weighted by Crippen LogP contribution is -2.28. The second-order valence-electron chi connectivity index (χ2n) is 12.3. The van der Waals surface area contributed by atoms with Crippen LogP contribution in [0.15, 0.2) is 47.3 Å². The first-order valence-corrected chi connectivity index (χ1v) is 16.1. The van der Waals surface area contributed by atoms with Gasteiger partial charge in [0.15, 0.2) is 0 Å². The molecule has 3 heterocycles. The second kappa shape index (κ2) is 13.6. The van der Waals surface area contributed by atoms with E-state index in [-0.39, 0.29) is 36.5 Å². The molecule has 8 nitrogen and oxygen atoms in total. The number of fused-ring (bicyclic) bond motifs is 4. The zero-order valence-corrected chi connectivity index (χ0v) is 26.7. The minimum absolute atomic E-state index is 0.0344. The molecule has 4 aromatic rings. The summed E-state index contributed by atoms with van der Waals surface area (Å²) in [6.45, 7) is 4.59. The number of halogens is 1. The van der Waals surface area contributed by atoms with Crippen LogP contribution in [0.1, 0.15) is 83.4 Å². The van der Waals surface area contributed by atoms with Gasteiger partial charge >= 0.3 is 0 Å². The number of aromatic nitrogens is 2. The number of ether oxygens (including phenoxy) is 2. The third kappa shape index (κ3) is 5.89. The summed E-state index contributed by atoms with van der Waals surface area (Å²) in [6.07, 6.45) is 4.85. The van der Waals surface area contributed by atoms with Gasteiger partial charge in [-0.25, -0.2) is 9.37 Å². The van der Waals surface area contributed by atoms with Gasteiger partial charge in [-0.15, -0.1) is 0 Å². The summed E-state index contributed by atoms with van der Waals surface area (Å²) < 4.78 is 28.3. The molecular weight excluding hydrogens is 585 g/mol. The zero-order chi connectivity index (χ0) is 32.4. The van der Waals surface area contributed by atoms with Crippen LogP contribution in [0.2, 0.25) is 0 Å². The molecule has 2 aromatic heterocycles. The number of hydrogen-bond donors (Lipinski definition) is 1. The van der Waals surface area contributed by atoms with E-state index in [1.807, 2.05) is 31.2 Å². The first kappa shape index (κ1) is 31.8. The van der Waals surface area contributed by atoms with E-state index in [4.69, 9.17) is 14.5 Å². The highest BCUT2D eigenvalue weighted by molar-refractivity contribution is 5.93. The lowest BCUT2D eigenvalue weighted by Gasteiger charge is -2.29. The fraction of sp³-hybridized carbons (Fsp3) is 0.405. The fourth-order valence-electron chi connectivity index (χ4n) is 7.15. The molecule has 240 valence electrons. The van der Waals surface area contributed by atoms with E-state index in [2.05, 4.69) is 17.4 Å². The summed E-state index contributed by atoms with van der Waals surface area (Å²) in [5.41, 5.74) is 7.45. The van der Waals surface area contributed by atoms with Crippen LogP contribution in [0.25, 0.3) is 22.3 Å². The number of carbonyl (C=O) groups is 2. The van der Waals surface area contributed by atoms with Crippen molar-refractivity contribution in [1.29, 1.82) is 0 Å². The maximum Gasteiger partial charge on any atom is 0.257 e. The number of amides is 1. The Labute approximate surface area is 267 Å². The van der Waals surface area contributed by atoms with Crippen molar-refractivity contribution in [2.75, 3.05) is 20.4 Å². The third-order valence-electron chi connectivity index (χ3n) is 9.58. The minimum atomic E-state index is -0.451. The van der Waals surface area contributed by atoms with Gasteiger partial charge < -0.3 is 24.2 Å². The van der Waals surface area contributed by atoms with Crippen molar-refractivity contribution >= 4 is 23.1 Å². The molecule has 2 atom stereocenters. The van der Waals surface area contributed by atoms with Gasteiger partial charge in [0.1, 0.15) is 18.8 Å². The lowest BCUT2D eigenvalue weighted by atomic mass is 9.78. The smallest absolute Gasteiger partial charge is 0.257 e. The van der Waals surface area contributed by atoms with Crippen molar-refractivity contribution in [2.45, 2.75) is 77.4 Å². The average molecular weight is 626 g/mol. The maximum absolute atomic E-state index is 15.2. The molecule has 1 aliphatic heterocycles. The van der Waals surface area contributed by atoms with Crippen molar-refractivity contribution in [2.24, 2.45) is 0 Å². The van der Waals surface area contributed by atoms with Crippen molar-refractivity contribution < 1.29 is 23.5 Å². The van der Waals surface area contributed by atoms with Gasteiger partial charge in [-0.2, -0.15) is 0 Å². The number of benzene rings is 2. The van der Waals surface area contributed by atoms with Gasteiger partial charge in [0.25, 0.3) is 5.56 Å². The van der Waals surface area contributed by atoms with Crippen LogP contribution in [-0.4, -0.2) is 42.2 Å². The number of rotatable bonds is 13. The summed E-state index contributed by atoms with van der Waals surface area (Å²) in [5, 5.41) is 3.81. The topological polar surface area (TPSA) is 99.5 Å². The normalized spacial score (nSPS) is 15.4. The Bertz CT molecular complexity index is 1850. The molecule has 1 amide bonds. The first-order chi connectivity index (χ1) is 22.4. The number of aldehydes is 1. The minimum Gasteiger partial charge on any atom is -0.380 e. The van der Waals surface area contributed by atoms with Crippen LogP contribution in [0.3, 0.4) is 0 Å². The van der Waals surface area contributed by atoms with Gasteiger partial charge in [0.2, 0.25) is 5.91 Å². The van der Waals surface area contributed by atoms with Gasteiger partial charge in [-0.3, -0.25) is 9.59 Å². The summed E-state index contributed by atoms with van der Waals surface area (Å²) in [5.74, 6) is -0.841. The molecule has 1 N–H and O–H groups in total. The van der Waals surface area contributed by atoms with Crippen LogP contribution in [0, 0.1) is 12.7 Å². The monoisotopic (exact) mass is 625 g/mol. The Kier molecular flexibility index (Phi) is 9.42. The van der Waals surface area contributed by atoms with Crippen molar-refractivity contribution in [3.8, 4) is 11.4 Å². The third-order valence-corrected chi connectivity index (χ3v) is 9.58. The van der Waals surface area contributed by atoms with E-state index < -0.39 is 5.92 Å². The molecular formula is C37H40FN3O5. The predicted octanol–water partition coefficient (Wildman–Crippen LogP) is 5.85. The van der Waals surface area contributed by atoms with Crippen LogP contribution in [0.4, 0.5) is 4.39 Å². The lowest BCUT2D eigenvalue weighted by molar-refractivity contribution is -0.123. The van der Waals surface area contributed by atoms with Gasteiger partial charge in [-0.05, 0) is 72.9 Å². The molecule has 1 aliphatic carbocycles. The highest BCUT2D eigenvalue weighted by Crippen LogP contribution is 2.46. The SMILES string of the molecule is CCC(C=O)c1cc2n(c(=O)c1COC)Cc1c-2nc2cc(F)c(C)c3c2c1C(COCNC(=O)CCCc1ccccc1)CC3. The van der Waals surface area contributed by atoms with Crippen molar-refractivity contribution in [1.82, 2.24) is 14.9 Å². The van der Waals surface area contributed by atoms with Crippen molar-refractivity contribution in [3.05, 3.63) is 97.6 Å². The molecule has 2 unspecified atom stereocenters. The molecule has 0 saturated carbocycles. The largest absolute Gasteiger partial charge is 0.380 e. The molecule has 0 saturated heterocycles. The van der Waals surface area contributed by atoms with Crippen molar-refractivity contribution in [3.63, 3.8) is 0 Å². The number of nitrogens with zero attached hydrogens (tertiary/aromatic N) is 2. The Morgan fingerprint density at radius 1 is 1.22 bits per heavy atom. The summed E-state index contributed by atoms with van der Waals surface area (Å²) in [4.78, 5) is 43.3. The van der Waals surface area contributed by atoms with Crippen LogP contribution < -0.4 is 10.9 Å². The molecule has 2 aromatic carbocycles. The average Bonchev–Trinajstić information content (AvgIpc) is 3.43. The number of methoxy groups -OCH3 is 1. The van der Waals surface area contributed by atoms with Gasteiger partial charge in [0, 0.05) is 47.9 Å². The van der Waals surface area contributed by atoms with E-state index in [0.29, 0.717) is 66.0 Å². The predicted molar refractivity (Wildman–Crippen MR) is 174 cm³/mol. The highest BCUT2D eigenvalue weighted by Gasteiger charge is 2.35. The molecule has 2 aliphatic rings. The molecule has 9 heteroatoms. The van der Waals surface area contributed by atoms with E-state index in [9.17, 15) is 14.4 Å². The van der Waals surface area contributed by atoms with E-state index >= 15 is 4.39 Å². The molecule has 0 spiro atoms. The Hall–Kier alpha value is -4.21. The number of aryl methyl sites for hydroxylation is 2. The highest BCUT2D eigenvalue weighted by atomic mass is 19.1. The molecule has 0 bridgehead atoms. The van der Waals surface area contributed by atoms with Crippen LogP contribution in [-0.2, 0) is 45.1 Å². The number of pyridine rings is 2. The Balaban J connectivity index is 1.29. The first-order valence-electron chi connectivity index (χ1n) is 16.1. The molecule has 46 heavy (non-hydrogen) atoms. The summed E-state index contributed by atoms with van der Waals surface area (Å²) >= 11 is 0. The fourth-order valence-corrected chi connectivity index (χ4v) is 7.15. The second-order valence-corrected chi connectivity index (χ2v) is 12.3. The van der Waals surface area contributed by atoms with E-state index in [1.54, 1.807) is 11.5 Å². The van der Waals surface area contributed by atoms with E-state index in [0.717, 1.165) is 47.6 Å². The standard InChI is InChI=1S/C37H40FN3O5/c1-4-24(18-42)27-15-32-36-28(17-41(32)37(44)29(27)20-45-3)34-25(13-14-26-22(2)30(38)16-31(40-36)35(26)34)19-46-21-39-33(43)12-8-11-23-9-6-5-7-10-23/h5-7,9-10,15-16,18,24-25H,4,8,11-14,17,19-21H2,1-3H3,(H,39,43). The number of carbonyl (C=O) groups excluding carboxylic acids is 2. The van der Waals surface area contributed by atoms with Crippen LogP contribution in [0.5, 0.6) is 0 Å². The quantitative estimate of drug-likeness (QED) is 0.100. The molecule has 0 fully saturated rings. The number of nitrogens with one attached hydrogen (secondary N) is 1.